The number of ether oxygens (including phenoxy) is 1. The molecule has 0 amide bonds. The van der Waals surface area contributed by atoms with Crippen molar-refractivity contribution in [2.24, 2.45) is 5.92 Å². The number of nitrogens with zero attached hydrogens (tertiary/aromatic N) is 5. The van der Waals surface area contributed by atoms with Gasteiger partial charge in [-0.15, -0.1) is 0 Å². The summed E-state index contributed by atoms with van der Waals surface area (Å²) in [5.74, 6) is -2.94. The molecular formula is C35H42ClF6N5O4. The largest absolute Gasteiger partial charge is 0.490 e. The van der Waals surface area contributed by atoms with Gasteiger partial charge in [-0.25, -0.2) is 9.59 Å². The number of esters is 1. The van der Waals surface area contributed by atoms with Crippen LogP contribution >= 0.6 is 11.6 Å². The lowest BCUT2D eigenvalue weighted by Gasteiger charge is -2.47. The maximum absolute atomic E-state index is 14.3. The molecule has 2 saturated heterocycles. The van der Waals surface area contributed by atoms with Crippen LogP contribution in [0.3, 0.4) is 0 Å². The number of alkyl halides is 7. The van der Waals surface area contributed by atoms with Crippen molar-refractivity contribution >= 4 is 29.1 Å². The minimum absolute atomic E-state index is 0.0157. The molecule has 51 heavy (non-hydrogen) atoms. The molecule has 1 N–H and O–H groups in total. The Hall–Kier alpha value is -3.56. The highest BCUT2D eigenvalue weighted by atomic mass is 35.5. The van der Waals surface area contributed by atoms with E-state index in [1.807, 2.05) is 18.2 Å². The average molecular weight is 746 g/mol. The highest BCUT2D eigenvalue weighted by Crippen LogP contribution is 2.43. The third-order valence-corrected chi connectivity index (χ3v) is 10.4. The van der Waals surface area contributed by atoms with Gasteiger partial charge in [-0.3, -0.25) is 9.58 Å². The second-order valence-corrected chi connectivity index (χ2v) is 13.9. The van der Waals surface area contributed by atoms with Crippen molar-refractivity contribution in [1.82, 2.24) is 24.5 Å². The number of carbonyl (C=O) groups excluding carboxylic acids is 1. The topological polar surface area (TPSA) is 91.1 Å². The predicted molar refractivity (Wildman–Crippen MR) is 178 cm³/mol. The van der Waals surface area contributed by atoms with Crippen LogP contribution in [0.25, 0.3) is 5.57 Å². The number of halogens is 7. The molecule has 1 aromatic carbocycles. The van der Waals surface area contributed by atoms with Crippen LogP contribution in [0.4, 0.5) is 26.3 Å². The van der Waals surface area contributed by atoms with Crippen LogP contribution in [0, 0.1) is 5.92 Å². The van der Waals surface area contributed by atoms with Gasteiger partial charge in [-0.1, -0.05) is 54.4 Å². The van der Waals surface area contributed by atoms with Crippen molar-refractivity contribution in [3.63, 3.8) is 0 Å². The van der Waals surface area contributed by atoms with E-state index in [0.29, 0.717) is 32.4 Å². The minimum Gasteiger partial charge on any atom is -0.475 e. The number of piperazine rings is 1. The first kappa shape index (κ1) is 38.7. The molecule has 4 aliphatic rings. The van der Waals surface area contributed by atoms with E-state index in [1.54, 1.807) is 6.92 Å². The number of carbonyl (C=O) groups is 2. The molecule has 3 heterocycles. The van der Waals surface area contributed by atoms with Gasteiger partial charge >= 0.3 is 24.3 Å². The van der Waals surface area contributed by atoms with Gasteiger partial charge < -0.3 is 19.6 Å². The fourth-order valence-corrected chi connectivity index (χ4v) is 7.46. The molecular weight excluding hydrogens is 704 g/mol. The summed E-state index contributed by atoms with van der Waals surface area (Å²) >= 11 is 7.46. The van der Waals surface area contributed by atoms with Crippen molar-refractivity contribution in [3.8, 4) is 0 Å². The Bertz CT molecular complexity index is 1580. The first-order valence-electron chi connectivity index (χ1n) is 17.1. The summed E-state index contributed by atoms with van der Waals surface area (Å²) in [7, 11) is 0. The number of likely N-dealkylation sites (tertiary alicyclic amines) is 1. The molecule has 6 rings (SSSR count). The summed E-state index contributed by atoms with van der Waals surface area (Å²) in [5.41, 5.74) is 1.52. The van der Waals surface area contributed by atoms with Crippen LogP contribution in [0.2, 0.25) is 0 Å². The predicted octanol–water partition coefficient (Wildman–Crippen LogP) is 7.07. The molecule has 1 aromatic heterocycles. The Balaban J connectivity index is 0.000000654. The summed E-state index contributed by atoms with van der Waals surface area (Å²) in [6.07, 6.45) is 1.12. The van der Waals surface area contributed by atoms with Gasteiger partial charge in [-0.2, -0.15) is 31.4 Å². The first-order valence-corrected chi connectivity index (χ1v) is 17.5. The average Bonchev–Trinajstić information content (AvgIpc) is 3.54. The number of carboxylic acids is 1. The second kappa shape index (κ2) is 16.0. The van der Waals surface area contributed by atoms with Crippen LogP contribution in [-0.2, 0) is 15.7 Å². The summed E-state index contributed by atoms with van der Waals surface area (Å²) < 4.78 is 80.7. The SMILES string of the molecule is CCOC(=O)c1cnn(C2CCCN(C3=C(c4ccccc4)C=CC(Cl)(N4CCN(CC5CCC5)CC4)C3)C2)c1C(F)(F)F.O=C(O)C(F)(F)F. The molecule has 2 aliphatic heterocycles. The lowest BCUT2D eigenvalue weighted by molar-refractivity contribution is -0.192. The summed E-state index contributed by atoms with van der Waals surface area (Å²) in [6, 6.07) is 9.50. The fraction of sp³-hybridized carbons (Fsp3) is 0.571. The van der Waals surface area contributed by atoms with E-state index in [9.17, 15) is 31.1 Å². The molecule has 2 aliphatic carbocycles. The van der Waals surface area contributed by atoms with E-state index in [-0.39, 0.29) is 6.61 Å². The van der Waals surface area contributed by atoms with Gasteiger partial charge in [-0.05, 0) is 50.2 Å². The summed E-state index contributed by atoms with van der Waals surface area (Å²) in [5, 5.41) is 11.2. The third kappa shape index (κ3) is 9.28. The number of carboxylic acid groups (broad SMARTS) is 1. The van der Waals surface area contributed by atoms with E-state index in [4.69, 9.17) is 26.2 Å². The fourth-order valence-electron chi connectivity index (χ4n) is 7.10. The Labute approximate surface area is 297 Å². The standard InChI is InChI=1S/C33H41ClF3N5O2.C2HF3O2/c1-2-44-31(43)28-21-38-42(30(28)33(35,36)37)26-12-7-15-40(23-26)29-20-32(34,14-13-27(29)25-10-4-3-5-11-25)41-18-16-39(17-19-41)22-24-8-6-9-24;3-2(4,5)1(6)7/h3-5,10-11,13-14,21,24,26H,2,6-9,12,15-20,22-23H2,1H3;(H,6,7). The summed E-state index contributed by atoms with van der Waals surface area (Å²) in [6.45, 7) is 7.46. The highest BCUT2D eigenvalue weighted by Gasteiger charge is 2.44. The molecule has 0 spiro atoms. The molecule has 0 radical (unpaired) electrons. The number of benzene rings is 1. The van der Waals surface area contributed by atoms with Crippen molar-refractivity contribution in [1.29, 1.82) is 0 Å². The van der Waals surface area contributed by atoms with Gasteiger partial charge in [0.2, 0.25) is 0 Å². The molecule has 280 valence electrons. The number of aliphatic carboxylic acids is 1. The van der Waals surface area contributed by atoms with E-state index in [0.717, 1.165) is 59.8 Å². The molecule has 2 unspecified atom stereocenters. The number of hydrogen-bond donors (Lipinski definition) is 1. The van der Waals surface area contributed by atoms with Crippen molar-refractivity contribution < 1.29 is 45.8 Å². The normalized spacial score (nSPS) is 23.8. The van der Waals surface area contributed by atoms with Crippen LogP contribution < -0.4 is 0 Å². The molecule has 1 saturated carbocycles. The maximum Gasteiger partial charge on any atom is 0.490 e. The van der Waals surface area contributed by atoms with Crippen LogP contribution in [0.15, 0.2) is 54.4 Å². The maximum atomic E-state index is 14.3. The number of hydrogen-bond acceptors (Lipinski definition) is 7. The van der Waals surface area contributed by atoms with Crippen molar-refractivity contribution in [2.75, 3.05) is 52.4 Å². The smallest absolute Gasteiger partial charge is 0.475 e. The molecule has 16 heteroatoms. The summed E-state index contributed by atoms with van der Waals surface area (Å²) in [4.78, 5) is 27.7. The second-order valence-electron chi connectivity index (χ2n) is 13.3. The number of allylic oxidation sites excluding steroid dienone is 2. The molecule has 2 aromatic rings. The van der Waals surface area contributed by atoms with Gasteiger partial charge in [0.1, 0.15) is 10.6 Å². The minimum atomic E-state index is -5.08. The number of piperidine rings is 1. The van der Waals surface area contributed by atoms with Crippen LogP contribution in [-0.4, -0.2) is 105 Å². The quantitative estimate of drug-likeness (QED) is 0.133. The molecule has 9 nitrogen and oxygen atoms in total. The monoisotopic (exact) mass is 745 g/mol. The van der Waals surface area contributed by atoms with E-state index >= 15 is 0 Å². The van der Waals surface area contributed by atoms with Crippen LogP contribution in [0.1, 0.15) is 73.1 Å². The lowest BCUT2D eigenvalue weighted by Crippen LogP contribution is -2.56. The van der Waals surface area contributed by atoms with Gasteiger partial charge in [0, 0.05) is 63.5 Å². The highest BCUT2D eigenvalue weighted by molar-refractivity contribution is 6.25. The number of aromatic nitrogens is 2. The van der Waals surface area contributed by atoms with Gasteiger partial charge in [0.05, 0.1) is 18.8 Å². The molecule has 0 bridgehead atoms. The zero-order valence-corrected chi connectivity index (χ0v) is 29.0. The lowest BCUT2D eigenvalue weighted by atomic mass is 9.85. The first-order chi connectivity index (χ1) is 24.1. The molecule has 2 atom stereocenters. The van der Waals surface area contributed by atoms with E-state index in [2.05, 4.69) is 44.1 Å². The Morgan fingerprint density at radius 2 is 1.67 bits per heavy atom. The Morgan fingerprint density at radius 3 is 2.24 bits per heavy atom. The molecule has 3 fully saturated rings. The Morgan fingerprint density at radius 1 is 1.00 bits per heavy atom. The van der Waals surface area contributed by atoms with E-state index in [1.165, 1.54) is 25.8 Å². The van der Waals surface area contributed by atoms with E-state index < -0.39 is 46.6 Å². The van der Waals surface area contributed by atoms with Gasteiger partial charge in [0.25, 0.3) is 0 Å². The van der Waals surface area contributed by atoms with Crippen molar-refractivity contribution in [3.05, 3.63) is 71.2 Å². The number of rotatable bonds is 8. The van der Waals surface area contributed by atoms with Crippen LogP contribution in [0.5, 0.6) is 0 Å². The van der Waals surface area contributed by atoms with Gasteiger partial charge in [0.15, 0.2) is 5.69 Å². The third-order valence-electron chi connectivity index (χ3n) is 9.88. The zero-order valence-electron chi connectivity index (χ0n) is 28.2. The Kier molecular flexibility index (Phi) is 12.1. The zero-order chi connectivity index (χ0) is 37.0. The van der Waals surface area contributed by atoms with Crippen molar-refractivity contribution in [2.45, 2.75) is 68.8 Å².